The van der Waals surface area contributed by atoms with Crippen molar-refractivity contribution in [3.05, 3.63) is 33.9 Å². The predicted molar refractivity (Wildman–Crippen MR) is 69.6 cm³/mol. The second-order valence-electron chi connectivity index (χ2n) is 3.60. The summed E-state index contributed by atoms with van der Waals surface area (Å²) in [5, 5.41) is 0. The zero-order chi connectivity index (χ0) is 10.6. The first kappa shape index (κ1) is 11.6. The summed E-state index contributed by atoms with van der Waals surface area (Å²) >= 11 is 2.28. The second-order valence-corrected chi connectivity index (χ2v) is 4.76. The van der Waals surface area contributed by atoms with Gasteiger partial charge >= 0.3 is 0 Å². The van der Waals surface area contributed by atoms with E-state index in [0.717, 1.165) is 21.5 Å². The number of halogens is 1. The Hall–Kier alpha value is -0.510. The number of hydrogen-bond donors (Lipinski definition) is 0. The summed E-state index contributed by atoms with van der Waals surface area (Å²) in [4.78, 5) is 0. The van der Waals surface area contributed by atoms with Gasteiger partial charge in [0.2, 0.25) is 0 Å². The molecule has 0 saturated heterocycles. The van der Waals surface area contributed by atoms with E-state index in [1.807, 2.05) is 18.2 Å². The summed E-state index contributed by atoms with van der Waals surface area (Å²) in [6.07, 6.45) is 1.84. The molecule has 0 saturated carbocycles. The molecule has 0 fully saturated rings. The first-order valence-electron chi connectivity index (χ1n) is 4.68. The topological polar surface area (TPSA) is 9.23 Å². The molecule has 1 nitrogen and oxygen atoms in total. The van der Waals surface area contributed by atoms with Crippen LogP contribution in [0.4, 0.5) is 0 Å². The lowest BCUT2D eigenvalue weighted by Gasteiger charge is -2.10. The molecule has 0 aliphatic rings. The minimum absolute atomic E-state index is 0.560. The minimum atomic E-state index is 0.560. The maximum absolute atomic E-state index is 5.66. The van der Waals surface area contributed by atoms with Crippen LogP contribution in [0.3, 0.4) is 0 Å². The highest BCUT2D eigenvalue weighted by molar-refractivity contribution is 14.1. The van der Waals surface area contributed by atoms with Crippen molar-refractivity contribution in [3.8, 4) is 5.75 Å². The summed E-state index contributed by atoms with van der Waals surface area (Å²) in [7, 11) is 0. The Bertz CT molecular complexity index is 318. The molecule has 0 spiro atoms. The number of benzene rings is 1. The molecule has 0 radical (unpaired) electrons. The van der Waals surface area contributed by atoms with Crippen molar-refractivity contribution < 1.29 is 4.74 Å². The van der Waals surface area contributed by atoms with Gasteiger partial charge in [-0.15, -0.1) is 0 Å². The summed E-state index contributed by atoms with van der Waals surface area (Å²) < 4.78 is 6.80. The number of hydrogen-bond acceptors (Lipinski definition) is 1. The zero-order valence-corrected chi connectivity index (χ0v) is 10.7. The highest BCUT2D eigenvalue weighted by atomic mass is 127. The van der Waals surface area contributed by atoms with E-state index < -0.39 is 0 Å². The van der Waals surface area contributed by atoms with E-state index in [9.17, 15) is 0 Å². The van der Waals surface area contributed by atoms with Gasteiger partial charge in [-0.25, -0.2) is 0 Å². The van der Waals surface area contributed by atoms with Gasteiger partial charge < -0.3 is 4.74 Å². The standard InChI is InChI=1S/C12H15IO/c1-4-10-5-6-12(11(13)7-10)14-8-9(2)3/h4-7,9H,1,8H2,2-3H3. The van der Waals surface area contributed by atoms with Crippen molar-refractivity contribution in [1.29, 1.82) is 0 Å². The molecule has 0 bridgehead atoms. The van der Waals surface area contributed by atoms with Gasteiger partial charge in [-0.3, -0.25) is 0 Å². The molecule has 14 heavy (non-hydrogen) atoms. The summed E-state index contributed by atoms with van der Waals surface area (Å²) in [5.41, 5.74) is 1.13. The van der Waals surface area contributed by atoms with Crippen molar-refractivity contribution in [3.63, 3.8) is 0 Å². The SMILES string of the molecule is C=Cc1ccc(OCC(C)C)c(I)c1. The third-order valence-corrected chi connectivity index (χ3v) is 2.61. The Morgan fingerprint density at radius 1 is 1.50 bits per heavy atom. The lowest BCUT2D eigenvalue weighted by Crippen LogP contribution is -2.05. The number of ether oxygens (including phenoxy) is 1. The Kier molecular flexibility index (Phi) is 4.45. The van der Waals surface area contributed by atoms with Crippen molar-refractivity contribution in [2.24, 2.45) is 5.92 Å². The van der Waals surface area contributed by atoms with Crippen molar-refractivity contribution in [2.75, 3.05) is 6.61 Å². The molecular weight excluding hydrogens is 287 g/mol. The van der Waals surface area contributed by atoms with Gasteiger partial charge in [-0.05, 0) is 46.2 Å². The molecule has 1 aromatic carbocycles. The largest absolute Gasteiger partial charge is 0.492 e. The monoisotopic (exact) mass is 302 g/mol. The highest BCUT2D eigenvalue weighted by Crippen LogP contribution is 2.22. The van der Waals surface area contributed by atoms with Crippen LogP contribution in [0.5, 0.6) is 5.75 Å². The molecule has 0 N–H and O–H groups in total. The summed E-state index contributed by atoms with van der Waals surface area (Å²) in [6.45, 7) is 8.79. The van der Waals surface area contributed by atoms with Crippen LogP contribution in [-0.2, 0) is 0 Å². The van der Waals surface area contributed by atoms with Crippen LogP contribution >= 0.6 is 22.6 Å². The highest BCUT2D eigenvalue weighted by Gasteiger charge is 2.02. The van der Waals surface area contributed by atoms with Crippen molar-refractivity contribution >= 4 is 28.7 Å². The molecule has 0 aliphatic carbocycles. The second kappa shape index (κ2) is 5.39. The van der Waals surface area contributed by atoms with Crippen molar-refractivity contribution in [2.45, 2.75) is 13.8 Å². The van der Waals surface area contributed by atoms with Crippen molar-refractivity contribution in [1.82, 2.24) is 0 Å². The molecule has 0 amide bonds. The van der Waals surface area contributed by atoms with Crippen LogP contribution in [0.2, 0.25) is 0 Å². The molecule has 0 aliphatic heterocycles. The fourth-order valence-electron chi connectivity index (χ4n) is 1.02. The van der Waals surface area contributed by atoms with Gasteiger partial charge in [-0.1, -0.05) is 32.6 Å². The lowest BCUT2D eigenvalue weighted by molar-refractivity contribution is 0.269. The summed E-state index contributed by atoms with van der Waals surface area (Å²) in [5.74, 6) is 1.52. The maximum Gasteiger partial charge on any atom is 0.132 e. The Morgan fingerprint density at radius 3 is 2.71 bits per heavy atom. The van der Waals surface area contributed by atoms with Crippen LogP contribution in [0.25, 0.3) is 6.08 Å². The van der Waals surface area contributed by atoms with Gasteiger partial charge in [0.1, 0.15) is 5.75 Å². The van der Waals surface area contributed by atoms with Crippen LogP contribution in [0.15, 0.2) is 24.8 Å². The minimum Gasteiger partial charge on any atom is -0.492 e. The lowest BCUT2D eigenvalue weighted by atomic mass is 10.2. The Labute approximate surface area is 99.3 Å². The average Bonchev–Trinajstić information content (AvgIpc) is 2.15. The first-order valence-corrected chi connectivity index (χ1v) is 5.76. The summed E-state index contributed by atoms with van der Waals surface area (Å²) in [6, 6.07) is 6.09. The third kappa shape index (κ3) is 3.33. The normalized spacial score (nSPS) is 10.3. The van der Waals surface area contributed by atoms with Crippen LogP contribution in [0, 0.1) is 9.49 Å². The van der Waals surface area contributed by atoms with Crippen LogP contribution in [0.1, 0.15) is 19.4 Å². The molecule has 2 heteroatoms. The molecule has 0 aromatic heterocycles. The van der Waals surface area contributed by atoms with Gasteiger partial charge in [0, 0.05) is 0 Å². The Morgan fingerprint density at radius 2 is 2.21 bits per heavy atom. The van der Waals surface area contributed by atoms with Gasteiger partial charge in [0.15, 0.2) is 0 Å². The van der Waals surface area contributed by atoms with E-state index in [1.54, 1.807) is 0 Å². The molecule has 1 rings (SSSR count). The van der Waals surface area contributed by atoms with Gasteiger partial charge in [0.05, 0.1) is 10.2 Å². The molecule has 0 heterocycles. The van der Waals surface area contributed by atoms with E-state index in [4.69, 9.17) is 4.74 Å². The maximum atomic E-state index is 5.66. The average molecular weight is 302 g/mol. The van der Waals surface area contributed by atoms with E-state index >= 15 is 0 Å². The van der Waals surface area contributed by atoms with E-state index in [1.165, 1.54) is 0 Å². The zero-order valence-electron chi connectivity index (χ0n) is 8.59. The van der Waals surface area contributed by atoms with Gasteiger partial charge in [0.25, 0.3) is 0 Å². The molecule has 76 valence electrons. The third-order valence-electron chi connectivity index (χ3n) is 1.76. The molecule has 0 atom stereocenters. The van der Waals surface area contributed by atoms with Gasteiger partial charge in [-0.2, -0.15) is 0 Å². The van der Waals surface area contributed by atoms with E-state index in [2.05, 4.69) is 49.1 Å². The fraction of sp³-hybridized carbons (Fsp3) is 0.333. The number of rotatable bonds is 4. The predicted octanol–water partition coefficient (Wildman–Crippen LogP) is 3.97. The molecule has 1 aromatic rings. The first-order chi connectivity index (χ1) is 6.63. The Balaban J connectivity index is 2.73. The molecular formula is C12H15IO. The van der Waals surface area contributed by atoms with E-state index in [-0.39, 0.29) is 0 Å². The van der Waals surface area contributed by atoms with Crippen LogP contribution in [-0.4, -0.2) is 6.61 Å². The quantitative estimate of drug-likeness (QED) is 0.765. The van der Waals surface area contributed by atoms with E-state index in [0.29, 0.717) is 5.92 Å². The molecule has 0 unspecified atom stereocenters. The smallest absolute Gasteiger partial charge is 0.132 e. The van der Waals surface area contributed by atoms with Crippen LogP contribution < -0.4 is 4.74 Å². The fourth-order valence-corrected chi connectivity index (χ4v) is 1.71.